The van der Waals surface area contributed by atoms with E-state index in [4.69, 9.17) is 10.5 Å². The lowest BCUT2D eigenvalue weighted by Gasteiger charge is -2.25. The predicted molar refractivity (Wildman–Crippen MR) is 71.3 cm³/mol. The van der Waals surface area contributed by atoms with E-state index in [2.05, 4.69) is 22.0 Å². The Labute approximate surface area is 110 Å². The van der Waals surface area contributed by atoms with Gasteiger partial charge in [-0.1, -0.05) is 22.9 Å². The molecule has 0 saturated carbocycles. The van der Waals surface area contributed by atoms with Gasteiger partial charge < -0.3 is 15.6 Å². The van der Waals surface area contributed by atoms with Gasteiger partial charge in [-0.05, 0) is 29.7 Å². The van der Waals surface area contributed by atoms with Crippen molar-refractivity contribution in [1.29, 1.82) is 0 Å². The molecule has 0 aliphatic carbocycles. The van der Waals surface area contributed by atoms with E-state index in [-0.39, 0.29) is 6.54 Å². The first kappa shape index (κ1) is 12.9. The lowest BCUT2D eigenvalue weighted by atomic mass is 9.91. The van der Waals surface area contributed by atoms with Crippen LogP contribution in [-0.4, -0.2) is 23.9 Å². The fourth-order valence-electron chi connectivity index (χ4n) is 2.17. The van der Waals surface area contributed by atoms with E-state index in [0.717, 1.165) is 28.8 Å². The fourth-order valence-corrected chi connectivity index (χ4v) is 2.73. The van der Waals surface area contributed by atoms with Gasteiger partial charge >= 0.3 is 0 Å². The molecule has 0 bridgehead atoms. The molecule has 0 spiro atoms. The minimum atomic E-state index is -0.833. The number of halogens is 1. The Morgan fingerprint density at radius 1 is 1.53 bits per heavy atom. The molecular weight excluding hydrogens is 282 g/mol. The van der Waals surface area contributed by atoms with Gasteiger partial charge in [-0.25, -0.2) is 0 Å². The lowest BCUT2D eigenvalue weighted by molar-refractivity contribution is 0.0450. The van der Waals surface area contributed by atoms with E-state index in [1.54, 1.807) is 0 Å². The summed E-state index contributed by atoms with van der Waals surface area (Å²) in [4.78, 5) is 0. The average molecular weight is 300 g/mol. The Balaban J connectivity index is 2.33. The van der Waals surface area contributed by atoms with E-state index in [1.807, 2.05) is 13.0 Å². The van der Waals surface area contributed by atoms with E-state index in [1.165, 1.54) is 5.56 Å². The molecule has 3 N–H and O–H groups in total. The molecule has 94 valence electrons. The zero-order valence-electron chi connectivity index (χ0n) is 10.0. The summed E-state index contributed by atoms with van der Waals surface area (Å²) in [5.74, 6) is 0.938. The van der Waals surface area contributed by atoms with Crippen molar-refractivity contribution >= 4 is 15.9 Å². The summed E-state index contributed by atoms with van der Waals surface area (Å²) in [5, 5.41) is 10.3. The third-order valence-corrected chi connectivity index (χ3v) is 3.84. The van der Waals surface area contributed by atoms with E-state index < -0.39 is 5.60 Å². The van der Waals surface area contributed by atoms with Crippen LogP contribution >= 0.6 is 15.9 Å². The highest BCUT2D eigenvalue weighted by atomic mass is 79.9. The summed E-state index contributed by atoms with van der Waals surface area (Å²) < 4.78 is 6.68. The Morgan fingerprint density at radius 3 is 2.94 bits per heavy atom. The Kier molecular flexibility index (Phi) is 3.76. The fraction of sp³-hybridized carbons (Fsp3) is 0.538. The molecule has 1 aliphatic rings. The van der Waals surface area contributed by atoms with Gasteiger partial charge in [0.15, 0.2) is 0 Å². The highest BCUT2D eigenvalue weighted by Crippen LogP contribution is 2.35. The predicted octanol–water partition coefficient (Wildman–Crippen LogP) is 2.03. The lowest BCUT2D eigenvalue weighted by Crippen LogP contribution is -2.39. The van der Waals surface area contributed by atoms with Gasteiger partial charge in [-0.3, -0.25) is 0 Å². The minimum Gasteiger partial charge on any atom is -0.493 e. The second-order valence-corrected chi connectivity index (χ2v) is 5.53. The summed E-state index contributed by atoms with van der Waals surface area (Å²) in [6.45, 7) is 2.95. The van der Waals surface area contributed by atoms with Crippen LogP contribution in [0.25, 0.3) is 0 Å². The van der Waals surface area contributed by atoms with Crippen LogP contribution in [0.2, 0.25) is 0 Å². The molecule has 1 aliphatic heterocycles. The maximum atomic E-state index is 10.3. The van der Waals surface area contributed by atoms with Crippen molar-refractivity contribution in [3.8, 4) is 5.75 Å². The maximum absolute atomic E-state index is 10.3. The largest absolute Gasteiger partial charge is 0.493 e. The Morgan fingerprint density at radius 2 is 2.29 bits per heavy atom. The molecule has 17 heavy (non-hydrogen) atoms. The number of rotatable bonds is 4. The van der Waals surface area contributed by atoms with Crippen molar-refractivity contribution in [2.75, 3.05) is 13.2 Å². The van der Waals surface area contributed by atoms with Gasteiger partial charge in [0.25, 0.3) is 0 Å². The van der Waals surface area contributed by atoms with Crippen molar-refractivity contribution in [1.82, 2.24) is 0 Å². The molecule has 0 aromatic heterocycles. The Bertz CT molecular complexity index is 416. The van der Waals surface area contributed by atoms with Crippen LogP contribution in [0.4, 0.5) is 0 Å². The highest BCUT2D eigenvalue weighted by molar-refractivity contribution is 9.10. The van der Waals surface area contributed by atoms with Gasteiger partial charge in [0.05, 0.1) is 12.2 Å². The minimum absolute atomic E-state index is 0.269. The van der Waals surface area contributed by atoms with Crippen molar-refractivity contribution in [3.05, 3.63) is 27.7 Å². The molecule has 3 nitrogen and oxygen atoms in total. The molecular formula is C13H18BrNO2. The quantitative estimate of drug-likeness (QED) is 0.894. The summed E-state index contributed by atoms with van der Waals surface area (Å²) in [5.41, 5.74) is 7.07. The van der Waals surface area contributed by atoms with Gasteiger partial charge in [0.1, 0.15) is 5.75 Å². The number of hydrogen-bond acceptors (Lipinski definition) is 3. The summed E-state index contributed by atoms with van der Waals surface area (Å²) >= 11 is 3.50. The van der Waals surface area contributed by atoms with E-state index in [9.17, 15) is 5.11 Å². The van der Waals surface area contributed by atoms with Crippen LogP contribution in [0.1, 0.15) is 24.5 Å². The van der Waals surface area contributed by atoms with E-state index >= 15 is 0 Å². The zero-order chi connectivity index (χ0) is 12.5. The van der Waals surface area contributed by atoms with Gasteiger partial charge in [-0.2, -0.15) is 0 Å². The van der Waals surface area contributed by atoms with Gasteiger partial charge in [-0.15, -0.1) is 0 Å². The van der Waals surface area contributed by atoms with Crippen molar-refractivity contribution < 1.29 is 9.84 Å². The van der Waals surface area contributed by atoms with Crippen molar-refractivity contribution in [3.63, 3.8) is 0 Å². The molecule has 0 amide bonds. The maximum Gasteiger partial charge on any atom is 0.125 e. The molecule has 1 atom stereocenters. The van der Waals surface area contributed by atoms with Crippen LogP contribution in [0.15, 0.2) is 16.6 Å². The van der Waals surface area contributed by atoms with E-state index in [0.29, 0.717) is 12.8 Å². The summed E-state index contributed by atoms with van der Waals surface area (Å²) in [6, 6.07) is 4.10. The molecule has 0 fully saturated rings. The molecule has 1 heterocycles. The molecule has 0 radical (unpaired) electrons. The summed E-state index contributed by atoms with van der Waals surface area (Å²) in [6.07, 6.45) is 2.13. The van der Waals surface area contributed by atoms with Gasteiger partial charge in [0.2, 0.25) is 0 Å². The number of nitrogens with two attached hydrogens (primary N) is 1. The normalized spacial score (nSPS) is 17.4. The van der Waals surface area contributed by atoms with Crippen LogP contribution in [0.3, 0.4) is 0 Å². The third-order valence-electron chi connectivity index (χ3n) is 3.38. The third kappa shape index (κ3) is 2.64. The van der Waals surface area contributed by atoms with Gasteiger partial charge in [0, 0.05) is 23.9 Å². The molecule has 4 heteroatoms. The molecule has 2 rings (SSSR count). The topological polar surface area (TPSA) is 55.5 Å². The van der Waals surface area contributed by atoms with Crippen molar-refractivity contribution in [2.45, 2.75) is 31.8 Å². The zero-order valence-corrected chi connectivity index (χ0v) is 11.6. The number of aliphatic hydroxyl groups is 1. The van der Waals surface area contributed by atoms with Crippen LogP contribution in [0, 0.1) is 0 Å². The number of hydrogen-bond donors (Lipinski definition) is 2. The van der Waals surface area contributed by atoms with Crippen LogP contribution in [-0.2, 0) is 12.8 Å². The van der Waals surface area contributed by atoms with Crippen LogP contribution in [0.5, 0.6) is 5.75 Å². The molecule has 1 aromatic rings. The molecule has 1 aromatic carbocycles. The highest BCUT2D eigenvalue weighted by Gasteiger charge is 2.27. The molecule has 0 saturated heterocycles. The first-order valence-corrected chi connectivity index (χ1v) is 6.74. The Hall–Kier alpha value is -0.580. The first-order chi connectivity index (χ1) is 8.08. The second-order valence-electron chi connectivity index (χ2n) is 4.61. The summed E-state index contributed by atoms with van der Waals surface area (Å²) in [7, 11) is 0. The number of benzene rings is 1. The van der Waals surface area contributed by atoms with Crippen LogP contribution < -0.4 is 10.5 Å². The SMILES string of the molecule is CCC(O)(CN)Cc1cc(Br)cc2c1OCC2. The monoisotopic (exact) mass is 299 g/mol. The number of ether oxygens (including phenoxy) is 1. The average Bonchev–Trinajstić information content (AvgIpc) is 2.77. The number of fused-ring (bicyclic) bond motifs is 1. The standard InChI is InChI=1S/C13H18BrNO2/c1-2-13(16,8-15)7-10-6-11(14)5-9-3-4-17-12(9)10/h5-6,16H,2-4,7-8,15H2,1H3. The second kappa shape index (κ2) is 4.96. The van der Waals surface area contributed by atoms with Crippen molar-refractivity contribution in [2.24, 2.45) is 5.73 Å². The molecule has 1 unspecified atom stereocenters. The smallest absolute Gasteiger partial charge is 0.125 e. The first-order valence-electron chi connectivity index (χ1n) is 5.94.